The summed E-state index contributed by atoms with van der Waals surface area (Å²) in [5.41, 5.74) is 8.68. The molecule has 0 aliphatic heterocycles. The molecule has 0 bridgehead atoms. The van der Waals surface area contributed by atoms with Crippen LogP contribution in [0.5, 0.6) is 0 Å². The first-order valence-corrected chi connectivity index (χ1v) is 10.1. The Morgan fingerprint density at radius 3 is 2.96 bits per heavy atom. The predicted octanol–water partition coefficient (Wildman–Crippen LogP) is 4.96. The first-order chi connectivity index (χ1) is 12.8. The lowest BCUT2D eigenvalue weighted by molar-refractivity contribution is -0.143. The fraction of sp³-hybridized carbons (Fsp3) is 0.348. The van der Waals surface area contributed by atoms with Crippen LogP contribution < -0.4 is 0 Å². The van der Waals surface area contributed by atoms with E-state index in [2.05, 4.69) is 61.2 Å². The second kappa shape index (κ2) is 7.71. The van der Waals surface area contributed by atoms with Gasteiger partial charge < -0.3 is 4.74 Å². The summed E-state index contributed by atoms with van der Waals surface area (Å²) in [6, 6.07) is 4.56. The summed E-state index contributed by atoms with van der Waals surface area (Å²) in [5.74, 6) is 0.831. The van der Waals surface area contributed by atoms with Crippen molar-refractivity contribution < 1.29 is 9.53 Å². The third kappa shape index (κ3) is 3.33. The van der Waals surface area contributed by atoms with Gasteiger partial charge in [-0.1, -0.05) is 48.6 Å². The maximum Gasteiger partial charge on any atom is 0.306 e. The Labute approximate surface area is 160 Å². The molecule has 3 heteroatoms. The molecule has 1 atom stereocenters. The molecule has 134 valence electrons. The van der Waals surface area contributed by atoms with Crippen molar-refractivity contribution in [2.24, 2.45) is 0 Å². The van der Waals surface area contributed by atoms with E-state index in [9.17, 15) is 4.79 Å². The predicted molar refractivity (Wildman–Crippen MR) is 110 cm³/mol. The van der Waals surface area contributed by atoms with Crippen LogP contribution in [0.1, 0.15) is 47.4 Å². The summed E-state index contributed by atoms with van der Waals surface area (Å²) in [5, 5.41) is 0. The molecule has 3 aliphatic rings. The van der Waals surface area contributed by atoms with Gasteiger partial charge in [-0.05, 0) is 59.1 Å². The molecule has 1 unspecified atom stereocenters. The minimum atomic E-state index is -0.141. The van der Waals surface area contributed by atoms with Crippen molar-refractivity contribution in [2.45, 2.75) is 38.0 Å². The molecule has 2 nitrogen and oxygen atoms in total. The Balaban J connectivity index is 1.45. The van der Waals surface area contributed by atoms with Crippen LogP contribution in [0.25, 0.3) is 6.08 Å². The highest BCUT2D eigenvalue weighted by Gasteiger charge is 2.30. The number of hydrogen-bond acceptors (Lipinski definition) is 3. The fourth-order valence-corrected chi connectivity index (χ4v) is 4.37. The van der Waals surface area contributed by atoms with E-state index in [-0.39, 0.29) is 5.97 Å². The second-order valence-corrected chi connectivity index (χ2v) is 7.50. The van der Waals surface area contributed by atoms with Crippen molar-refractivity contribution in [1.29, 1.82) is 0 Å². The Morgan fingerprint density at radius 1 is 1.15 bits per heavy atom. The Kier molecular flexibility index (Phi) is 5.16. The minimum Gasteiger partial charge on any atom is -0.466 e. The largest absolute Gasteiger partial charge is 0.466 e. The number of unbranched alkanes of at least 4 members (excludes halogenated alkanes) is 1. The lowest BCUT2D eigenvalue weighted by Gasteiger charge is -2.34. The van der Waals surface area contributed by atoms with E-state index >= 15 is 0 Å². The van der Waals surface area contributed by atoms with Crippen LogP contribution in [0.3, 0.4) is 0 Å². The van der Waals surface area contributed by atoms with Gasteiger partial charge in [0, 0.05) is 11.7 Å². The average Bonchev–Trinajstić information content (AvgIpc) is 2.67. The van der Waals surface area contributed by atoms with E-state index in [0.29, 0.717) is 24.7 Å². The third-order valence-electron chi connectivity index (χ3n) is 5.44. The van der Waals surface area contributed by atoms with Crippen LogP contribution in [-0.2, 0) is 22.4 Å². The number of carbonyl (C=O) groups excluding carboxylic acids is 1. The molecule has 4 rings (SSSR count). The highest BCUT2D eigenvalue weighted by Crippen LogP contribution is 2.46. The number of benzene rings is 1. The van der Waals surface area contributed by atoms with Gasteiger partial charge in [-0.2, -0.15) is 12.6 Å². The fourth-order valence-electron chi connectivity index (χ4n) is 4.19. The first kappa shape index (κ1) is 17.4. The highest BCUT2D eigenvalue weighted by atomic mass is 32.1. The van der Waals surface area contributed by atoms with E-state index in [1.807, 2.05) is 0 Å². The summed E-state index contributed by atoms with van der Waals surface area (Å²) >= 11 is 4.05. The minimum absolute atomic E-state index is 0.141. The van der Waals surface area contributed by atoms with Crippen molar-refractivity contribution in [3.05, 3.63) is 75.9 Å². The lowest BCUT2D eigenvalue weighted by atomic mass is 9.70. The molecule has 0 radical (unpaired) electrons. The molecular weight excluding hydrogens is 340 g/mol. The van der Waals surface area contributed by atoms with Gasteiger partial charge in [-0.3, -0.25) is 4.79 Å². The van der Waals surface area contributed by atoms with Crippen molar-refractivity contribution in [1.82, 2.24) is 0 Å². The van der Waals surface area contributed by atoms with E-state index in [1.54, 1.807) is 0 Å². The molecule has 0 saturated heterocycles. The van der Waals surface area contributed by atoms with Gasteiger partial charge in [0.15, 0.2) is 0 Å². The van der Waals surface area contributed by atoms with E-state index in [1.165, 1.54) is 33.4 Å². The number of allylic oxidation sites excluding steroid dienone is 7. The summed E-state index contributed by atoms with van der Waals surface area (Å²) < 4.78 is 5.22. The number of esters is 1. The van der Waals surface area contributed by atoms with Gasteiger partial charge in [0.2, 0.25) is 0 Å². The van der Waals surface area contributed by atoms with Gasteiger partial charge in [0.25, 0.3) is 0 Å². The smallest absolute Gasteiger partial charge is 0.306 e. The number of hydrogen-bond donors (Lipinski definition) is 1. The lowest BCUT2D eigenvalue weighted by Crippen LogP contribution is -2.18. The molecule has 0 amide bonds. The number of ether oxygens (including phenoxy) is 1. The second-order valence-electron chi connectivity index (χ2n) is 7.06. The van der Waals surface area contributed by atoms with Gasteiger partial charge in [-0.25, -0.2) is 0 Å². The summed E-state index contributed by atoms with van der Waals surface area (Å²) in [6.45, 7) is 0.514. The van der Waals surface area contributed by atoms with Gasteiger partial charge in [0.05, 0.1) is 13.0 Å². The maximum atomic E-state index is 11.4. The molecule has 0 saturated carbocycles. The first-order valence-electron chi connectivity index (χ1n) is 9.45. The van der Waals surface area contributed by atoms with E-state index in [4.69, 9.17) is 4.74 Å². The quantitative estimate of drug-likeness (QED) is 0.420. The van der Waals surface area contributed by atoms with Crippen LogP contribution in [-0.4, -0.2) is 18.3 Å². The molecule has 26 heavy (non-hydrogen) atoms. The summed E-state index contributed by atoms with van der Waals surface area (Å²) in [4.78, 5) is 11.4. The molecule has 0 heterocycles. The molecule has 0 spiro atoms. The van der Waals surface area contributed by atoms with Crippen LogP contribution in [0, 0.1) is 0 Å². The van der Waals surface area contributed by atoms with Gasteiger partial charge in [-0.15, -0.1) is 0 Å². The van der Waals surface area contributed by atoms with E-state index < -0.39 is 0 Å². The summed E-state index contributed by atoms with van der Waals surface area (Å²) in [7, 11) is 0. The van der Waals surface area contributed by atoms with Crippen LogP contribution in [0.15, 0.2) is 53.7 Å². The molecule has 3 aliphatic carbocycles. The average molecular weight is 365 g/mol. The number of carbonyl (C=O) groups is 1. The topological polar surface area (TPSA) is 26.3 Å². The molecule has 1 aromatic carbocycles. The molecular formula is C23H24O2S. The van der Waals surface area contributed by atoms with E-state index in [0.717, 1.165) is 25.7 Å². The number of rotatable bonds is 7. The zero-order valence-electron chi connectivity index (χ0n) is 14.9. The maximum absolute atomic E-state index is 11.4. The SMILES string of the molecule is O=C(CCS)OCCCCc1ccc2c3c1CC=C1C=CC=C(C=C2)C13. The number of thiol groups is 1. The van der Waals surface area contributed by atoms with Crippen LogP contribution >= 0.6 is 12.6 Å². The zero-order valence-corrected chi connectivity index (χ0v) is 15.8. The molecule has 0 fully saturated rings. The van der Waals surface area contributed by atoms with Crippen LogP contribution in [0.2, 0.25) is 0 Å². The molecule has 1 aromatic rings. The van der Waals surface area contributed by atoms with Crippen molar-refractivity contribution >= 4 is 24.7 Å². The normalized spacial score (nSPS) is 18.9. The Bertz CT molecular complexity index is 842. The third-order valence-corrected chi connectivity index (χ3v) is 5.66. The molecule has 0 N–H and O–H groups in total. The molecule has 0 aromatic heterocycles. The zero-order chi connectivity index (χ0) is 17.9. The Morgan fingerprint density at radius 2 is 2.08 bits per heavy atom. The highest BCUT2D eigenvalue weighted by molar-refractivity contribution is 7.80. The van der Waals surface area contributed by atoms with Gasteiger partial charge >= 0.3 is 5.97 Å². The van der Waals surface area contributed by atoms with Crippen molar-refractivity contribution in [3.63, 3.8) is 0 Å². The summed E-state index contributed by atoms with van der Waals surface area (Å²) in [6.07, 6.45) is 18.0. The van der Waals surface area contributed by atoms with Crippen molar-refractivity contribution in [2.75, 3.05) is 12.4 Å². The van der Waals surface area contributed by atoms with Crippen molar-refractivity contribution in [3.8, 4) is 0 Å². The Hall–Kier alpha value is -2.00. The monoisotopic (exact) mass is 364 g/mol. The standard InChI is InChI=1S/C23H24O2S/c24-21(13-15-26)25-14-2-1-4-16-7-8-19-10-9-17-5-3-6-18-11-12-20(16)23(19)22(17)18/h3,5-11,22,26H,1-2,4,12-15H2. The van der Waals surface area contributed by atoms with Crippen LogP contribution in [0.4, 0.5) is 0 Å². The van der Waals surface area contributed by atoms with Gasteiger partial charge in [0.1, 0.15) is 0 Å². The number of aryl methyl sites for hydroxylation is 1.